The van der Waals surface area contributed by atoms with Gasteiger partial charge in [0.25, 0.3) is 0 Å². The number of pyridine rings is 2. The number of piperazine rings is 1. The van der Waals surface area contributed by atoms with Crippen molar-refractivity contribution in [2.75, 3.05) is 31.9 Å². The largest absolute Gasteiger partial charge is 0.383 e. The molecule has 1 aliphatic carbocycles. The number of anilines is 1. The smallest absolute Gasteiger partial charge is 0.246 e. The highest BCUT2D eigenvalue weighted by molar-refractivity contribution is 5.87. The average Bonchev–Trinajstić information content (AvgIpc) is 3.73. The number of halogens is 1. The van der Waals surface area contributed by atoms with Gasteiger partial charge in [0, 0.05) is 56.4 Å². The van der Waals surface area contributed by atoms with Gasteiger partial charge in [0.15, 0.2) is 17.3 Å². The zero-order valence-electron chi connectivity index (χ0n) is 22.8. The van der Waals surface area contributed by atoms with Gasteiger partial charge < -0.3 is 10.6 Å². The first-order chi connectivity index (χ1) is 20.5. The summed E-state index contributed by atoms with van der Waals surface area (Å²) in [6.07, 6.45) is 6.43. The van der Waals surface area contributed by atoms with Crippen LogP contribution in [0, 0.1) is 5.95 Å². The maximum atomic E-state index is 13.7. The molecule has 2 aliphatic rings. The van der Waals surface area contributed by atoms with E-state index in [-0.39, 0.29) is 11.9 Å². The molecule has 12 heteroatoms. The van der Waals surface area contributed by atoms with Gasteiger partial charge in [-0.25, -0.2) is 30.1 Å². The molecule has 11 nitrogen and oxygen atoms in total. The van der Waals surface area contributed by atoms with Gasteiger partial charge in [0.05, 0.1) is 5.56 Å². The van der Waals surface area contributed by atoms with Crippen LogP contribution in [0.1, 0.15) is 23.6 Å². The number of aryl methyl sites for hydroxylation is 1. The van der Waals surface area contributed by atoms with Gasteiger partial charge in [0.1, 0.15) is 11.3 Å². The number of hydrogen-bond donors (Lipinski definition) is 2. The zero-order chi connectivity index (χ0) is 28.8. The third-order valence-corrected chi connectivity index (χ3v) is 7.93. The van der Waals surface area contributed by atoms with Gasteiger partial charge in [0.2, 0.25) is 11.9 Å². The van der Waals surface area contributed by atoms with E-state index in [9.17, 15) is 9.18 Å². The number of nitrogens with one attached hydrogen (secondary N) is 1. The molecular formula is C30H29FN10O. The summed E-state index contributed by atoms with van der Waals surface area (Å²) in [6, 6.07) is 15.2. The molecule has 5 aromatic rings. The number of benzene rings is 1. The number of fused-ring (bicyclic) bond motifs is 2. The third kappa shape index (κ3) is 4.60. The lowest BCUT2D eigenvalue weighted by Gasteiger charge is -2.36. The van der Waals surface area contributed by atoms with Crippen molar-refractivity contribution >= 4 is 22.9 Å². The Morgan fingerprint density at radius 3 is 2.71 bits per heavy atom. The van der Waals surface area contributed by atoms with Crippen LogP contribution in [-0.4, -0.2) is 71.3 Å². The second-order valence-electron chi connectivity index (χ2n) is 10.4. The van der Waals surface area contributed by atoms with Crippen molar-refractivity contribution in [3.63, 3.8) is 0 Å². The number of carbonyl (C=O) groups excluding carboxylic acids is 1. The Hall–Kier alpha value is -4.94. The van der Waals surface area contributed by atoms with Crippen LogP contribution < -0.4 is 11.2 Å². The molecule has 1 fully saturated rings. The van der Waals surface area contributed by atoms with Crippen molar-refractivity contribution in [3.8, 4) is 22.9 Å². The number of imidazole rings is 1. The maximum Gasteiger partial charge on any atom is 0.246 e. The molecule has 7 rings (SSSR count). The zero-order valence-corrected chi connectivity index (χ0v) is 22.8. The Morgan fingerprint density at radius 2 is 1.95 bits per heavy atom. The minimum absolute atomic E-state index is 0.0220. The number of rotatable bonds is 6. The van der Waals surface area contributed by atoms with Crippen LogP contribution in [0.2, 0.25) is 0 Å². The maximum absolute atomic E-state index is 13.7. The van der Waals surface area contributed by atoms with Crippen LogP contribution in [0.25, 0.3) is 34.1 Å². The highest BCUT2D eigenvalue weighted by atomic mass is 19.1. The SMILES string of the molecule is C=CC(=O)N1CCN(NC2CCc3cc(-n4c(-c5cccnc5N)nc5ccc(-n6ccc(F)n6)nc54)ccc32)CC1. The lowest BCUT2D eigenvalue weighted by molar-refractivity contribution is -0.128. The Labute approximate surface area is 241 Å². The first kappa shape index (κ1) is 26.0. The van der Waals surface area contributed by atoms with E-state index in [4.69, 9.17) is 15.7 Å². The molecule has 0 radical (unpaired) electrons. The molecule has 1 amide bonds. The van der Waals surface area contributed by atoms with Crippen molar-refractivity contribution in [2.24, 2.45) is 0 Å². The van der Waals surface area contributed by atoms with Crippen LogP contribution in [0.4, 0.5) is 10.2 Å². The summed E-state index contributed by atoms with van der Waals surface area (Å²) in [5.74, 6) is 0.850. The number of hydrogen-bond acceptors (Lipinski definition) is 8. The molecule has 1 aliphatic heterocycles. The Kier molecular flexibility index (Phi) is 6.48. The van der Waals surface area contributed by atoms with E-state index in [1.807, 2.05) is 27.7 Å². The Morgan fingerprint density at radius 1 is 1.10 bits per heavy atom. The van der Waals surface area contributed by atoms with Crippen LogP contribution in [-0.2, 0) is 11.2 Å². The highest BCUT2D eigenvalue weighted by Crippen LogP contribution is 2.36. The van der Waals surface area contributed by atoms with E-state index in [2.05, 4.69) is 45.3 Å². The van der Waals surface area contributed by atoms with E-state index >= 15 is 0 Å². The van der Waals surface area contributed by atoms with Gasteiger partial charge in [-0.1, -0.05) is 12.6 Å². The quantitative estimate of drug-likeness (QED) is 0.302. The predicted octanol–water partition coefficient (Wildman–Crippen LogP) is 3.21. The Bertz CT molecular complexity index is 1820. The highest BCUT2D eigenvalue weighted by Gasteiger charge is 2.28. The fourth-order valence-corrected chi connectivity index (χ4v) is 5.82. The van der Waals surface area contributed by atoms with E-state index in [0.717, 1.165) is 31.6 Å². The van der Waals surface area contributed by atoms with E-state index in [1.54, 1.807) is 12.3 Å². The van der Waals surface area contributed by atoms with E-state index in [0.29, 0.717) is 47.3 Å². The van der Waals surface area contributed by atoms with Crippen molar-refractivity contribution < 1.29 is 9.18 Å². The van der Waals surface area contributed by atoms with Crippen molar-refractivity contribution in [1.29, 1.82) is 0 Å². The fourth-order valence-electron chi connectivity index (χ4n) is 5.82. The first-order valence-corrected chi connectivity index (χ1v) is 13.9. The Balaban J connectivity index is 1.24. The van der Waals surface area contributed by atoms with Gasteiger partial charge in [-0.2, -0.15) is 4.39 Å². The molecule has 1 unspecified atom stereocenters. The molecule has 3 N–H and O–H groups in total. The number of hydrazine groups is 1. The summed E-state index contributed by atoms with van der Waals surface area (Å²) in [5.41, 5.74) is 15.3. The molecule has 0 spiro atoms. The van der Waals surface area contributed by atoms with Crippen LogP contribution in [0.15, 0.2) is 73.6 Å². The molecule has 212 valence electrons. The van der Waals surface area contributed by atoms with E-state index in [1.165, 1.54) is 34.1 Å². The average molecular weight is 565 g/mol. The van der Waals surface area contributed by atoms with Crippen molar-refractivity contribution in [3.05, 3.63) is 90.7 Å². The third-order valence-electron chi connectivity index (χ3n) is 7.93. The molecular weight excluding hydrogens is 535 g/mol. The molecule has 4 aromatic heterocycles. The summed E-state index contributed by atoms with van der Waals surface area (Å²) in [4.78, 5) is 27.8. The number of nitrogens with zero attached hydrogens (tertiary/aromatic N) is 8. The second-order valence-corrected chi connectivity index (χ2v) is 10.4. The van der Waals surface area contributed by atoms with Gasteiger partial charge in [-0.15, -0.1) is 5.10 Å². The van der Waals surface area contributed by atoms with Gasteiger partial charge in [-0.3, -0.25) is 9.36 Å². The molecule has 1 saturated heterocycles. The minimum Gasteiger partial charge on any atom is -0.383 e. The van der Waals surface area contributed by atoms with Crippen molar-refractivity contribution in [1.82, 2.24) is 44.6 Å². The lowest BCUT2D eigenvalue weighted by atomic mass is 10.1. The topological polar surface area (TPSA) is 123 Å². The number of amides is 1. The molecule has 0 saturated carbocycles. The van der Waals surface area contributed by atoms with Crippen LogP contribution in [0.5, 0.6) is 0 Å². The molecule has 42 heavy (non-hydrogen) atoms. The number of carbonyl (C=O) groups is 1. The van der Waals surface area contributed by atoms with Gasteiger partial charge in [-0.05, 0) is 66.4 Å². The van der Waals surface area contributed by atoms with Gasteiger partial charge >= 0.3 is 0 Å². The normalized spacial score (nSPS) is 17.1. The van der Waals surface area contributed by atoms with Crippen molar-refractivity contribution in [2.45, 2.75) is 18.9 Å². The monoisotopic (exact) mass is 564 g/mol. The summed E-state index contributed by atoms with van der Waals surface area (Å²) >= 11 is 0. The number of nitrogen functional groups attached to an aromatic ring is 1. The van der Waals surface area contributed by atoms with E-state index < -0.39 is 5.95 Å². The molecule has 1 aromatic carbocycles. The summed E-state index contributed by atoms with van der Waals surface area (Å²) in [6.45, 7) is 6.45. The summed E-state index contributed by atoms with van der Waals surface area (Å²) in [5, 5.41) is 6.09. The number of aromatic nitrogens is 6. The minimum atomic E-state index is -0.580. The second kappa shape index (κ2) is 10.5. The molecule has 5 heterocycles. The standard InChI is InChI=1S/C30H29FN10O/c1-2-27(42)38-14-16-39(17-15-38)36-23-8-5-19-18-20(6-7-21(19)23)41-29(22-4-3-12-33-28(22)32)34-24-9-10-26(35-30(24)41)40-13-11-25(31)37-40/h2-4,6-7,9-13,18,23,36H,1,5,8,14-17H2,(H2,32,33). The summed E-state index contributed by atoms with van der Waals surface area (Å²) < 4.78 is 17.1. The van der Waals surface area contributed by atoms with Crippen LogP contribution >= 0.6 is 0 Å². The van der Waals surface area contributed by atoms with Crippen LogP contribution in [0.3, 0.4) is 0 Å². The number of nitrogens with two attached hydrogens (primary N) is 1. The first-order valence-electron chi connectivity index (χ1n) is 13.9. The predicted molar refractivity (Wildman–Crippen MR) is 156 cm³/mol. The molecule has 1 atom stereocenters. The molecule has 0 bridgehead atoms. The summed E-state index contributed by atoms with van der Waals surface area (Å²) in [7, 11) is 0. The fraction of sp³-hybridized carbons (Fsp3) is 0.233. The lowest BCUT2D eigenvalue weighted by Crippen LogP contribution is -2.53.